The van der Waals surface area contributed by atoms with Crippen LogP contribution in [0.15, 0.2) is 57.8 Å². The molecule has 1 aliphatic rings. The van der Waals surface area contributed by atoms with Crippen molar-refractivity contribution in [2.45, 2.75) is 12.3 Å². The van der Waals surface area contributed by atoms with E-state index in [1.165, 1.54) is 7.11 Å². The van der Waals surface area contributed by atoms with Crippen LogP contribution in [0.2, 0.25) is 0 Å². The number of carbonyl (C=O) groups is 2. The molecule has 2 heterocycles. The number of aromatic amines is 1. The highest BCUT2D eigenvalue weighted by Gasteiger charge is 2.34. The van der Waals surface area contributed by atoms with E-state index in [0.717, 1.165) is 4.47 Å². The minimum Gasteiger partial charge on any atom is -0.495 e. The van der Waals surface area contributed by atoms with Crippen molar-refractivity contribution in [3.8, 4) is 5.75 Å². The molecule has 0 fully saturated rings. The van der Waals surface area contributed by atoms with Crippen molar-refractivity contribution in [3.63, 3.8) is 0 Å². The van der Waals surface area contributed by atoms with Crippen LogP contribution >= 0.6 is 15.9 Å². The Labute approximate surface area is 185 Å². The van der Waals surface area contributed by atoms with E-state index in [9.17, 15) is 14.4 Å². The predicted octanol–water partition coefficient (Wildman–Crippen LogP) is 3.35. The molecule has 3 aromatic rings. The second-order valence-corrected chi connectivity index (χ2v) is 7.72. The topological polar surface area (TPSA) is 125 Å². The fourth-order valence-corrected chi connectivity index (χ4v) is 3.56. The number of rotatable bonds is 5. The van der Waals surface area contributed by atoms with Crippen LogP contribution in [-0.4, -0.2) is 28.9 Å². The van der Waals surface area contributed by atoms with Crippen molar-refractivity contribution in [3.05, 3.63) is 68.9 Å². The third kappa shape index (κ3) is 4.43. The highest BCUT2D eigenvalue weighted by Crippen LogP contribution is 2.31. The van der Waals surface area contributed by atoms with Gasteiger partial charge in [-0.2, -0.15) is 4.98 Å². The van der Waals surface area contributed by atoms with E-state index in [-0.39, 0.29) is 23.8 Å². The fraction of sp³-hybridized carbons (Fsp3) is 0.143. The molecule has 0 saturated heterocycles. The number of anilines is 4. The van der Waals surface area contributed by atoms with Gasteiger partial charge < -0.3 is 20.7 Å². The Balaban J connectivity index is 1.64. The first-order valence-corrected chi connectivity index (χ1v) is 10.1. The van der Waals surface area contributed by atoms with Crippen molar-refractivity contribution in [1.82, 2.24) is 9.97 Å². The number of nitrogens with zero attached hydrogens (tertiary/aromatic N) is 1. The molecular formula is C21H18BrN5O4. The molecule has 0 unspecified atom stereocenters. The Morgan fingerprint density at radius 3 is 2.65 bits per heavy atom. The largest absolute Gasteiger partial charge is 0.495 e. The number of aromatic nitrogens is 2. The van der Waals surface area contributed by atoms with Gasteiger partial charge in [-0.15, -0.1) is 0 Å². The van der Waals surface area contributed by atoms with Crippen LogP contribution in [0.25, 0.3) is 0 Å². The molecule has 1 aliphatic heterocycles. The lowest BCUT2D eigenvalue weighted by molar-refractivity contribution is -0.123. The maximum atomic E-state index is 12.9. The van der Waals surface area contributed by atoms with Gasteiger partial charge in [0.25, 0.3) is 5.56 Å². The predicted molar refractivity (Wildman–Crippen MR) is 120 cm³/mol. The summed E-state index contributed by atoms with van der Waals surface area (Å²) in [5.74, 6) is -1.11. The summed E-state index contributed by atoms with van der Waals surface area (Å²) in [6.07, 6.45) is -0.153. The number of nitrogens with one attached hydrogen (secondary N) is 4. The van der Waals surface area contributed by atoms with Crippen molar-refractivity contribution in [2.75, 3.05) is 23.1 Å². The Kier molecular flexibility index (Phi) is 5.72. The quantitative estimate of drug-likeness (QED) is 0.440. The lowest BCUT2D eigenvalue weighted by Crippen LogP contribution is -2.36. The molecule has 4 N–H and O–H groups in total. The van der Waals surface area contributed by atoms with Crippen LogP contribution in [-0.2, 0) is 9.59 Å². The van der Waals surface area contributed by atoms with Gasteiger partial charge in [0.2, 0.25) is 17.8 Å². The highest BCUT2D eigenvalue weighted by molar-refractivity contribution is 9.10. The zero-order valence-corrected chi connectivity index (χ0v) is 17.9. The molecule has 158 valence electrons. The number of carbonyl (C=O) groups excluding carboxylic acids is 2. The van der Waals surface area contributed by atoms with Crippen molar-refractivity contribution >= 4 is 50.9 Å². The average molecular weight is 484 g/mol. The number of para-hydroxylation sites is 2. The lowest BCUT2D eigenvalue weighted by atomic mass is 9.92. The summed E-state index contributed by atoms with van der Waals surface area (Å²) in [5, 5.41) is 8.30. The molecule has 0 aliphatic carbocycles. The number of hydrogen-bond donors (Lipinski definition) is 4. The van der Waals surface area contributed by atoms with Gasteiger partial charge in [0.15, 0.2) is 0 Å². The summed E-state index contributed by atoms with van der Waals surface area (Å²) in [6.45, 7) is 0. The number of benzene rings is 2. The molecule has 10 heteroatoms. The first-order valence-electron chi connectivity index (χ1n) is 9.35. The minimum atomic E-state index is -0.969. The second kappa shape index (κ2) is 8.60. The van der Waals surface area contributed by atoms with E-state index >= 15 is 0 Å². The maximum Gasteiger partial charge on any atom is 0.258 e. The Hall–Kier alpha value is -3.66. The van der Waals surface area contributed by atoms with Crippen LogP contribution in [0, 0.1) is 0 Å². The number of H-pyrrole nitrogens is 1. The van der Waals surface area contributed by atoms with E-state index in [0.29, 0.717) is 17.1 Å². The molecule has 9 nitrogen and oxygen atoms in total. The highest BCUT2D eigenvalue weighted by atomic mass is 79.9. The van der Waals surface area contributed by atoms with E-state index in [1.54, 1.807) is 42.5 Å². The van der Waals surface area contributed by atoms with Gasteiger partial charge in [0.1, 0.15) is 11.6 Å². The van der Waals surface area contributed by atoms with Crippen LogP contribution in [0.3, 0.4) is 0 Å². The molecule has 31 heavy (non-hydrogen) atoms. The van der Waals surface area contributed by atoms with Gasteiger partial charge in [-0.1, -0.05) is 28.1 Å². The molecule has 1 atom stereocenters. The summed E-state index contributed by atoms with van der Waals surface area (Å²) in [6, 6.07) is 14.1. The normalized spacial score (nSPS) is 14.9. The molecule has 0 saturated carbocycles. The minimum absolute atomic E-state index is 0.0494. The third-order valence-electron chi connectivity index (χ3n) is 4.74. The fourth-order valence-electron chi connectivity index (χ4n) is 3.29. The summed E-state index contributed by atoms with van der Waals surface area (Å²) >= 11 is 3.33. The van der Waals surface area contributed by atoms with Gasteiger partial charge in [-0.3, -0.25) is 19.4 Å². The van der Waals surface area contributed by atoms with E-state index in [2.05, 4.69) is 41.8 Å². The van der Waals surface area contributed by atoms with Crippen molar-refractivity contribution < 1.29 is 14.3 Å². The monoisotopic (exact) mass is 483 g/mol. The molecule has 2 amide bonds. The van der Waals surface area contributed by atoms with Crippen LogP contribution in [0.4, 0.5) is 23.1 Å². The first kappa shape index (κ1) is 20.6. The van der Waals surface area contributed by atoms with E-state index in [1.807, 2.05) is 6.07 Å². The Morgan fingerprint density at radius 1 is 1.16 bits per heavy atom. The van der Waals surface area contributed by atoms with Gasteiger partial charge in [-0.05, 0) is 36.4 Å². The zero-order valence-electron chi connectivity index (χ0n) is 16.4. The molecule has 0 bridgehead atoms. The van der Waals surface area contributed by atoms with Gasteiger partial charge in [0, 0.05) is 16.6 Å². The second-order valence-electron chi connectivity index (χ2n) is 6.80. The SMILES string of the molecule is COc1ccccc1Nc1nc2c(c(=O)[nH]1)[C@H](C(=O)Nc1ccc(Br)cc1)CC(=O)N2. The Morgan fingerprint density at radius 2 is 1.90 bits per heavy atom. The molecule has 2 aromatic carbocycles. The number of hydrogen-bond acceptors (Lipinski definition) is 6. The summed E-state index contributed by atoms with van der Waals surface area (Å²) in [4.78, 5) is 44.9. The van der Waals surface area contributed by atoms with Crippen LogP contribution in [0.1, 0.15) is 17.9 Å². The Bertz CT molecular complexity index is 1210. The van der Waals surface area contributed by atoms with Gasteiger partial charge in [-0.25, -0.2) is 0 Å². The summed E-state index contributed by atoms with van der Waals surface area (Å²) in [7, 11) is 1.53. The summed E-state index contributed by atoms with van der Waals surface area (Å²) in [5.41, 5.74) is 0.734. The number of halogens is 1. The molecule has 0 spiro atoms. The van der Waals surface area contributed by atoms with Crippen molar-refractivity contribution in [2.24, 2.45) is 0 Å². The lowest BCUT2D eigenvalue weighted by Gasteiger charge is -2.23. The number of fused-ring (bicyclic) bond motifs is 1. The molecular weight excluding hydrogens is 466 g/mol. The standard InChI is InChI=1S/C21H18BrN5O4/c1-31-15-5-3-2-4-14(15)24-21-26-18-17(20(30)27-21)13(10-16(28)25-18)19(29)23-12-8-6-11(22)7-9-12/h2-9,13H,10H2,1H3,(H,23,29)(H3,24,25,26,27,28,30)/t13-/m1/s1. The van der Waals surface area contributed by atoms with Crippen LogP contribution in [0.5, 0.6) is 5.75 Å². The summed E-state index contributed by atoms with van der Waals surface area (Å²) < 4.78 is 6.15. The third-order valence-corrected chi connectivity index (χ3v) is 5.27. The smallest absolute Gasteiger partial charge is 0.258 e. The zero-order chi connectivity index (χ0) is 22.0. The average Bonchev–Trinajstić information content (AvgIpc) is 2.75. The van der Waals surface area contributed by atoms with Crippen molar-refractivity contribution in [1.29, 1.82) is 0 Å². The van der Waals surface area contributed by atoms with Gasteiger partial charge in [0.05, 0.1) is 24.3 Å². The number of amides is 2. The van der Waals surface area contributed by atoms with Gasteiger partial charge >= 0.3 is 0 Å². The van der Waals surface area contributed by atoms with E-state index in [4.69, 9.17) is 4.74 Å². The maximum absolute atomic E-state index is 12.9. The first-order chi connectivity index (χ1) is 14.9. The molecule has 0 radical (unpaired) electrons. The molecule has 1 aromatic heterocycles. The number of ether oxygens (including phenoxy) is 1. The van der Waals surface area contributed by atoms with E-state index < -0.39 is 23.3 Å². The molecule has 4 rings (SSSR count). The number of methoxy groups -OCH3 is 1. The van der Waals surface area contributed by atoms with Crippen LogP contribution < -0.4 is 26.2 Å².